The minimum atomic E-state index is -0.763. The summed E-state index contributed by atoms with van der Waals surface area (Å²) in [5.74, 6) is -0.763. The zero-order chi connectivity index (χ0) is 18.6. The van der Waals surface area contributed by atoms with Gasteiger partial charge in [0.1, 0.15) is 6.04 Å². The van der Waals surface area contributed by atoms with Gasteiger partial charge in [-0.05, 0) is 45.6 Å². The Kier molecular flexibility index (Phi) is 18.8. The van der Waals surface area contributed by atoms with Crippen molar-refractivity contribution in [2.24, 2.45) is 0 Å². The number of rotatable bonds is 19. The number of aliphatic carboxylic acids is 1. The fourth-order valence-corrected chi connectivity index (χ4v) is 2.96. The Labute approximate surface area is 156 Å². The van der Waals surface area contributed by atoms with E-state index < -0.39 is 12.0 Å². The van der Waals surface area contributed by atoms with Crippen LogP contribution in [0.5, 0.6) is 0 Å². The second kappa shape index (κ2) is 19.5. The van der Waals surface area contributed by atoms with Crippen LogP contribution in [0, 0.1) is 0 Å². The molecular formula is C22H43NO2. The molecule has 0 saturated carbocycles. The first kappa shape index (κ1) is 24.2. The van der Waals surface area contributed by atoms with Crippen LogP contribution in [0.15, 0.2) is 12.2 Å². The number of carboxylic acids is 1. The fraction of sp³-hybridized carbons (Fsp3) is 0.864. The van der Waals surface area contributed by atoms with Crippen molar-refractivity contribution in [1.82, 2.24) is 5.32 Å². The molecule has 0 spiro atoms. The van der Waals surface area contributed by atoms with Crippen LogP contribution in [0.4, 0.5) is 0 Å². The smallest absolute Gasteiger partial charge is 0.320 e. The summed E-state index contributed by atoms with van der Waals surface area (Å²) in [4.78, 5) is 10.6. The minimum absolute atomic E-state index is 0.422. The van der Waals surface area contributed by atoms with Crippen molar-refractivity contribution in [3.8, 4) is 0 Å². The van der Waals surface area contributed by atoms with E-state index in [9.17, 15) is 4.79 Å². The van der Waals surface area contributed by atoms with Crippen LogP contribution in [0.1, 0.15) is 110 Å². The van der Waals surface area contributed by atoms with Crippen LogP contribution in [-0.4, -0.2) is 23.7 Å². The predicted molar refractivity (Wildman–Crippen MR) is 109 cm³/mol. The fourth-order valence-electron chi connectivity index (χ4n) is 2.96. The van der Waals surface area contributed by atoms with E-state index in [2.05, 4.69) is 24.4 Å². The highest BCUT2D eigenvalue weighted by atomic mass is 16.4. The molecule has 0 aliphatic heterocycles. The quantitative estimate of drug-likeness (QED) is 0.206. The summed E-state index contributed by atoms with van der Waals surface area (Å²) in [6, 6.07) is -0.422. The van der Waals surface area contributed by atoms with E-state index >= 15 is 0 Å². The molecule has 0 fully saturated rings. The third kappa shape index (κ3) is 19.3. The average molecular weight is 354 g/mol. The first-order valence-electron chi connectivity index (χ1n) is 10.8. The molecule has 1 atom stereocenters. The Bertz CT molecular complexity index is 315. The number of hydrogen-bond donors (Lipinski definition) is 2. The summed E-state index contributed by atoms with van der Waals surface area (Å²) < 4.78 is 0. The summed E-state index contributed by atoms with van der Waals surface area (Å²) in [7, 11) is 0. The average Bonchev–Trinajstić information content (AvgIpc) is 2.60. The maximum atomic E-state index is 10.6. The zero-order valence-electron chi connectivity index (χ0n) is 16.9. The van der Waals surface area contributed by atoms with Gasteiger partial charge in [0.15, 0.2) is 0 Å². The standard InChI is InChI=1S/C22H43NO2/c1-3-4-5-6-7-8-9-10-11-12-13-14-15-16-17-18-19-20-23-21(2)22(24)25/h10-11,21,23H,3-9,12-20H2,1-2H3,(H,24,25)/b11-10-/t21-/m0/s1. The molecule has 0 aromatic carbocycles. The third-order valence-electron chi connectivity index (χ3n) is 4.76. The van der Waals surface area contributed by atoms with Gasteiger partial charge in [0.25, 0.3) is 0 Å². The van der Waals surface area contributed by atoms with Crippen molar-refractivity contribution in [3.05, 3.63) is 12.2 Å². The lowest BCUT2D eigenvalue weighted by atomic mass is 10.1. The molecular weight excluding hydrogens is 310 g/mol. The lowest BCUT2D eigenvalue weighted by Crippen LogP contribution is -2.34. The Hall–Kier alpha value is -0.830. The molecule has 3 nitrogen and oxygen atoms in total. The van der Waals surface area contributed by atoms with E-state index in [1.54, 1.807) is 6.92 Å². The molecule has 0 amide bonds. The van der Waals surface area contributed by atoms with Gasteiger partial charge >= 0.3 is 5.97 Å². The van der Waals surface area contributed by atoms with Crippen molar-refractivity contribution in [2.75, 3.05) is 6.54 Å². The second-order valence-electron chi connectivity index (χ2n) is 7.31. The van der Waals surface area contributed by atoms with E-state index in [0.717, 1.165) is 13.0 Å². The molecule has 0 aromatic rings. The number of unbranched alkanes of at least 4 members (excludes halogenated alkanes) is 13. The molecule has 0 aliphatic rings. The number of carbonyl (C=O) groups is 1. The van der Waals surface area contributed by atoms with Crippen LogP contribution in [0.25, 0.3) is 0 Å². The van der Waals surface area contributed by atoms with Crippen molar-refractivity contribution < 1.29 is 9.90 Å². The zero-order valence-corrected chi connectivity index (χ0v) is 16.9. The van der Waals surface area contributed by atoms with Crippen LogP contribution in [-0.2, 0) is 4.79 Å². The van der Waals surface area contributed by atoms with Crippen LogP contribution in [0.3, 0.4) is 0 Å². The summed E-state index contributed by atoms with van der Waals surface area (Å²) >= 11 is 0. The summed E-state index contributed by atoms with van der Waals surface area (Å²) in [5, 5.41) is 11.8. The Morgan fingerprint density at radius 2 is 1.24 bits per heavy atom. The third-order valence-corrected chi connectivity index (χ3v) is 4.76. The van der Waals surface area contributed by atoms with Gasteiger partial charge in [-0.3, -0.25) is 4.79 Å². The number of allylic oxidation sites excluding steroid dienone is 2. The van der Waals surface area contributed by atoms with Gasteiger partial charge in [0.05, 0.1) is 0 Å². The van der Waals surface area contributed by atoms with Gasteiger partial charge in [-0.2, -0.15) is 0 Å². The first-order valence-corrected chi connectivity index (χ1v) is 10.8. The predicted octanol–water partition coefficient (Wildman–Crippen LogP) is 6.48. The molecule has 0 unspecified atom stereocenters. The molecule has 0 rings (SSSR count). The molecule has 0 heterocycles. The van der Waals surface area contributed by atoms with Crippen molar-refractivity contribution in [3.63, 3.8) is 0 Å². The highest BCUT2D eigenvalue weighted by molar-refractivity contribution is 5.72. The maximum Gasteiger partial charge on any atom is 0.320 e. The molecule has 0 bridgehead atoms. The van der Waals surface area contributed by atoms with Gasteiger partial charge in [-0.1, -0.05) is 83.3 Å². The van der Waals surface area contributed by atoms with Gasteiger partial charge in [-0.25, -0.2) is 0 Å². The number of hydrogen-bond acceptors (Lipinski definition) is 2. The Balaban J connectivity index is 3.13. The van der Waals surface area contributed by atoms with Gasteiger partial charge < -0.3 is 10.4 Å². The molecule has 0 aromatic heterocycles. The van der Waals surface area contributed by atoms with Crippen LogP contribution < -0.4 is 5.32 Å². The van der Waals surface area contributed by atoms with Crippen molar-refractivity contribution >= 4 is 5.97 Å². The summed E-state index contributed by atoms with van der Waals surface area (Å²) in [5.41, 5.74) is 0. The SMILES string of the molecule is CCCCCCCC/C=C\CCCCCCCCCN[C@@H](C)C(=O)O. The highest BCUT2D eigenvalue weighted by Crippen LogP contribution is 2.10. The van der Waals surface area contributed by atoms with Crippen molar-refractivity contribution in [1.29, 1.82) is 0 Å². The largest absolute Gasteiger partial charge is 0.480 e. The van der Waals surface area contributed by atoms with Gasteiger partial charge in [-0.15, -0.1) is 0 Å². The molecule has 0 aliphatic carbocycles. The van der Waals surface area contributed by atoms with E-state index in [0.29, 0.717) is 0 Å². The summed E-state index contributed by atoms with van der Waals surface area (Å²) in [6.07, 6.45) is 24.5. The maximum absolute atomic E-state index is 10.6. The first-order chi connectivity index (χ1) is 12.2. The van der Waals surface area contributed by atoms with E-state index in [4.69, 9.17) is 5.11 Å². The molecule has 2 N–H and O–H groups in total. The molecule has 0 saturated heterocycles. The lowest BCUT2D eigenvalue weighted by molar-refractivity contribution is -0.138. The van der Waals surface area contributed by atoms with Crippen LogP contribution >= 0.6 is 0 Å². The number of nitrogens with one attached hydrogen (secondary N) is 1. The molecule has 25 heavy (non-hydrogen) atoms. The summed E-state index contributed by atoms with van der Waals surface area (Å²) in [6.45, 7) is 4.78. The Morgan fingerprint density at radius 1 is 0.800 bits per heavy atom. The minimum Gasteiger partial charge on any atom is -0.480 e. The topological polar surface area (TPSA) is 49.3 Å². The highest BCUT2D eigenvalue weighted by Gasteiger charge is 2.07. The number of carboxylic acid groups (broad SMARTS) is 1. The molecule has 3 heteroatoms. The van der Waals surface area contributed by atoms with E-state index in [1.165, 1.54) is 89.9 Å². The normalized spacial score (nSPS) is 12.7. The van der Waals surface area contributed by atoms with Gasteiger partial charge in [0.2, 0.25) is 0 Å². The van der Waals surface area contributed by atoms with E-state index in [1.807, 2.05) is 0 Å². The van der Waals surface area contributed by atoms with Crippen LogP contribution in [0.2, 0.25) is 0 Å². The van der Waals surface area contributed by atoms with Crippen molar-refractivity contribution in [2.45, 2.75) is 116 Å². The second-order valence-corrected chi connectivity index (χ2v) is 7.31. The lowest BCUT2D eigenvalue weighted by Gasteiger charge is -2.08. The van der Waals surface area contributed by atoms with Gasteiger partial charge in [0, 0.05) is 0 Å². The monoisotopic (exact) mass is 353 g/mol. The molecule has 148 valence electrons. The molecule has 0 radical (unpaired) electrons. The Morgan fingerprint density at radius 3 is 1.72 bits per heavy atom. The van der Waals surface area contributed by atoms with E-state index in [-0.39, 0.29) is 0 Å².